The number of hydrogen-bond donors (Lipinski definition) is 1. The predicted octanol–water partition coefficient (Wildman–Crippen LogP) is 4.99. The van der Waals surface area contributed by atoms with Crippen LogP contribution >= 0.6 is 34.8 Å². The van der Waals surface area contributed by atoms with Crippen LogP contribution in [0.4, 0.5) is 5.69 Å². The Bertz CT molecular complexity index is 1200. The molecule has 0 radical (unpaired) electrons. The third-order valence-corrected chi connectivity index (χ3v) is 6.46. The Balaban J connectivity index is 1.87. The number of sulfonamides is 1. The first-order chi connectivity index (χ1) is 14.8. The zero-order valence-electron chi connectivity index (χ0n) is 15.9. The lowest BCUT2D eigenvalue weighted by Crippen LogP contribution is -2.39. The molecule has 160 valence electrons. The van der Waals surface area contributed by atoms with Crippen LogP contribution in [-0.2, 0) is 14.8 Å². The van der Waals surface area contributed by atoms with E-state index in [2.05, 4.69) is 10.5 Å². The molecule has 3 aromatic rings. The molecule has 0 heterocycles. The molecule has 0 saturated heterocycles. The number of anilines is 1. The minimum absolute atomic E-state index is 0.0151. The Morgan fingerprint density at radius 2 is 1.58 bits per heavy atom. The molecule has 3 aromatic carbocycles. The Hall–Kier alpha value is -2.58. The number of halogens is 3. The normalized spacial score (nSPS) is 11.5. The lowest BCUT2D eigenvalue weighted by molar-refractivity contribution is -0.119. The molecule has 0 atom stereocenters. The molecule has 0 aliphatic carbocycles. The van der Waals surface area contributed by atoms with E-state index in [4.69, 9.17) is 34.8 Å². The summed E-state index contributed by atoms with van der Waals surface area (Å²) in [5.41, 5.74) is 3.14. The highest BCUT2D eigenvalue weighted by atomic mass is 35.5. The van der Waals surface area contributed by atoms with Gasteiger partial charge in [0.15, 0.2) is 0 Å². The molecule has 0 aromatic heterocycles. The molecule has 1 N–H and O–H groups in total. The van der Waals surface area contributed by atoms with E-state index < -0.39 is 22.5 Å². The summed E-state index contributed by atoms with van der Waals surface area (Å²) in [6, 6.07) is 18.9. The average molecular weight is 497 g/mol. The second kappa shape index (κ2) is 10.2. The van der Waals surface area contributed by atoms with Gasteiger partial charge in [-0.05, 0) is 48.0 Å². The Morgan fingerprint density at radius 3 is 2.23 bits per heavy atom. The number of nitrogens with zero attached hydrogens (tertiary/aromatic N) is 2. The van der Waals surface area contributed by atoms with E-state index in [-0.39, 0.29) is 20.6 Å². The van der Waals surface area contributed by atoms with E-state index in [0.717, 1.165) is 4.31 Å². The molecule has 0 aliphatic heterocycles. The first-order valence-corrected chi connectivity index (χ1v) is 11.4. The van der Waals surface area contributed by atoms with Crippen molar-refractivity contribution in [2.45, 2.75) is 4.90 Å². The van der Waals surface area contributed by atoms with Gasteiger partial charge in [-0.3, -0.25) is 9.10 Å². The number of carbonyl (C=O) groups is 1. The Morgan fingerprint density at radius 1 is 0.903 bits per heavy atom. The number of hydrazone groups is 1. The van der Waals surface area contributed by atoms with Crippen molar-refractivity contribution in [2.75, 3.05) is 10.8 Å². The van der Waals surface area contributed by atoms with Gasteiger partial charge in [0.1, 0.15) is 6.54 Å². The van der Waals surface area contributed by atoms with Gasteiger partial charge in [0.25, 0.3) is 15.9 Å². The summed E-state index contributed by atoms with van der Waals surface area (Å²) < 4.78 is 27.4. The number of rotatable bonds is 7. The van der Waals surface area contributed by atoms with Crippen LogP contribution in [-0.4, -0.2) is 27.1 Å². The molecule has 0 saturated carbocycles. The van der Waals surface area contributed by atoms with Crippen molar-refractivity contribution < 1.29 is 13.2 Å². The lowest BCUT2D eigenvalue weighted by Gasteiger charge is -2.24. The van der Waals surface area contributed by atoms with Crippen molar-refractivity contribution in [1.29, 1.82) is 0 Å². The average Bonchev–Trinajstić information content (AvgIpc) is 2.72. The topological polar surface area (TPSA) is 78.8 Å². The van der Waals surface area contributed by atoms with Crippen molar-refractivity contribution in [2.24, 2.45) is 5.10 Å². The quantitative estimate of drug-likeness (QED) is 0.370. The first-order valence-electron chi connectivity index (χ1n) is 8.87. The van der Waals surface area contributed by atoms with Gasteiger partial charge in [0, 0.05) is 15.1 Å². The molecule has 1 amide bonds. The summed E-state index contributed by atoms with van der Waals surface area (Å²) >= 11 is 18.0. The highest BCUT2D eigenvalue weighted by molar-refractivity contribution is 7.92. The van der Waals surface area contributed by atoms with Crippen molar-refractivity contribution in [1.82, 2.24) is 5.43 Å². The highest BCUT2D eigenvalue weighted by Crippen LogP contribution is 2.29. The van der Waals surface area contributed by atoms with Gasteiger partial charge in [0.2, 0.25) is 0 Å². The molecule has 0 spiro atoms. The van der Waals surface area contributed by atoms with Gasteiger partial charge < -0.3 is 0 Å². The maximum atomic E-state index is 13.2. The summed E-state index contributed by atoms with van der Waals surface area (Å²) in [5.74, 6) is -0.658. The number of carbonyl (C=O) groups excluding carboxylic acids is 1. The van der Waals surface area contributed by atoms with E-state index >= 15 is 0 Å². The molecule has 6 nitrogen and oxygen atoms in total. The van der Waals surface area contributed by atoms with E-state index in [1.165, 1.54) is 36.5 Å². The van der Waals surface area contributed by atoms with Gasteiger partial charge in [-0.1, -0.05) is 65.1 Å². The summed E-state index contributed by atoms with van der Waals surface area (Å²) in [6.45, 7) is -0.541. The number of benzene rings is 3. The molecule has 0 fully saturated rings. The van der Waals surface area contributed by atoms with Gasteiger partial charge in [-0.25, -0.2) is 13.8 Å². The SMILES string of the molecule is O=C(CN(c1cc(Cl)cc(Cl)c1)S(=O)(=O)c1ccccc1)N/N=C\c1cccc(Cl)c1. The zero-order valence-corrected chi connectivity index (χ0v) is 19.0. The second-order valence-corrected chi connectivity index (χ2v) is 9.47. The van der Waals surface area contributed by atoms with Crippen LogP contribution in [0.2, 0.25) is 15.1 Å². The molecule has 10 heteroatoms. The summed E-state index contributed by atoms with van der Waals surface area (Å²) in [7, 11) is -4.08. The van der Waals surface area contributed by atoms with Crippen LogP contribution in [0.5, 0.6) is 0 Å². The molecule has 0 aliphatic rings. The van der Waals surface area contributed by atoms with Crippen molar-refractivity contribution in [3.63, 3.8) is 0 Å². The van der Waals surface area contributed by atoms with Crippen molar-refractivity contribution in [3.8, 4) is 0 Å². The van der Waals surface area contributed by atoms with Crippen LogP contribution in [0.1, 0.15) is 5.56 Å². The third-order valence-electron chi connectivity index (χ3n) is 4.01. The molecular weight excluding hydrogens is 481 g/mol. The fourth-order valence-corrected chi connectivity index (χ4v) is 4.79. The van der Waals surface area contributed by atoms with Gasteiger partial charge in [-0.2, -0.15) is 5.10 Å². The molecule has 0 bridgehead atoms. The van der Waals surface area contributed by atoms with Crippen molar-refractivity contribution in [3.05, 3.63) is 93.4 Å². The van der Waals surface area contributed by atoms with Crippen LogP contribution in [0.15, 0.2) is 82.8 Å². The van der Waals surface area contributed by atoms with E-state index in [9.17, 15) is 13.2 Å². The van der Waals surface area contributed by atoms with Gasteiger partial charge in [0.05, 0.1) is 16.8 Å². The summed E-state index contributed by atoms with van der Waals surface area (Å²) in [6.07, 6.45) is 1.40. The summed E-state index contributed by atoms with van der Waals surface area (Å²) in [4.78, 5) is 12.5. The maximum absolute atomic E-state index is 13.2. The van der Waals surface area contributed by atoms with E-state index in [1.807, 2.05) is 0 Å². The Labute approximate surface area is 195 Å². The largest absolute Gasteiger partial charge is 0.271 e. The van der Waals surface area contributed by atoms with Crippen molar-refractivity contribution >= 4 is 62.6 Å². The van der Waals surface area contributed by atoms with Crippen LogP contribution < -0.4 is 9.73 Å². The number of amides is 1. The fourth-order valence-electron chi connectivity index (χ4n) is 2.65. The maximum Gasteiger partial charge on any atom is 0.264 e. The second-order valence-electron chi connectivity index (χ2n) is 6.30. The zero-order chi connectivity index (χ0) is 22.4. The third kappa shape index (κ3) is 6.21. The highest BCUT2D eigenvalue weighted by Gasteiger charge is 2.27. The first kappa shape index (κ1) is 23.1. The molecule has 0 unspecified atom stereocenters. The minimum Gasteiger partial charge on any atom is -0.271 e. The molecule has 31 heavy (non-hydrogen) atoms. The number of nitrogens with one attached hydrogen (secondary N) is 1. The molecular formula is C21H16Cl3N3O3S. The summed E-state index contributed by atoms with van der Waals surface area (Å²) in [5, 5.41) is 4.85. The van der Waals surface area contributed by atoms with Gasteiger partial charge in [-0.15, -0.1) is 0 Å². The lowest BCUT2D eigenvalue weighted by atomic mass is 10.2. The van der Waals surface area contributed by atoms with E-state index in [1.54, 1.807) is 42.5 Å². The Kier molecular flexibility index (Phi) is 7.56. The predicted molar refractivity (Wildman–Crippen MR) is 125 cm³/mol. The monoisotopic (exact) mass is 495 g/mol. The van der Waals surface area contributed by atoms with Crippen LogP contribution in [0, 0.1) is 0 Å². The fraction of sp³-hybridized carbons (Fsp3) is 0.0476. The molecule has 3 rings (SSSR count). The smallest absolute Gasteiger partial charge is 0.264 e. The van der Waals surface area contributed by atoms with Gasteiger partial charge >= 0.3 is 0 Å². The number of hydrogen-bond acceptors (Lipinski definition) is 4. The minimum atomic E-state index is -4.08. The van der Waals surface area contributed by atoms with Crippen LogP contribution in [0.3, 0.4) is 0 Å². The van der Waals surface area contributed by atoms with E-state index in [0.29, 0.717) is 10.6 Å². The standard InChI is InChI=1S/C21H16Cl3N3O3S/c22-16-6-4-5-15(9-16)13-25-26-21(28)14-27(19-11-17(23)10-18(24)12-19)31(29,30)20-7-2-1-3-8-20/h1-13H,14H2,(H,26,28)/b25-13-. The van der Waals surface area contributed by atoms with Crippen LogP contribution in [0.25, 0.3) is 0 Å².